The Morgan fingerprint density at radius 2 is 1.82 bits per heavy atom. The lowest BCUT2D eigenvalue weighted by atomic mass is 9.64. The maximum atomic E-state index is 12.2. The van der Waals surface area contributed by atoms with Crippen molar-refractivity contribution in [1.29, 1.82) is 5.26 Å². The van der Waals surface area contributed by atoms with Crippen LogP contribution in [0.3, 0.4) is 0 Å². The monoisotopic (exact) mass is 437 g/mol. The van der Waals surface area contributed by atoms with E-state index in [1.165, 1.54) is 30.4 Å². The molecule has 1 heterocycles. The summed E-state index contributed by atoms with van der Waals surface area (Å²) >= 11 is 0. The molecule has 2 aliphatic rings. The zero-order valence-electron chi connectivity index (χ0n) is 18.5. The van der Waals surface area contributed by atoms with Crippen LogP contribution in [0.2, 0.25) is 0 Å². The van der Waals surface area contributed by atoms with Crippen LogP contribution in [0, 0.1) is 23.2 Å². The van der Waals surface area contributed by atoms with Crippen molar-refractivity contribution in [2.24, 2.45) is 11.8 Å². The van der Waals surface area contributed by atoms with Crippen molar-refractivity contribution in [1.82, 2.24) is 10.3 Å². The molecule has 2 bridgehead atoms. The van der Waals surface area contributed by atoms with Crippen molar-refractivity contribution >= 4 is 5.91 Å². The van der Waals surface area contributed by atoms with E-state index in [4.69, 9.17) is 10.00 Å². The van der Waals surface area contributed by atoms with Gasteiger partial charge >= 0.3 is 0 Å². The second kappa shape index (κ2) is 9.07. The molecule has 5 rings (SSSR count). The van der Waals surface area contributed by atoms with Gasteiger partial charge in [-0.05, 0) is 78.6 Å². The molecule has 166 valence electrons. The van der Waals surface area contributed by atoms with Crippen molar-refractivity contribution < 1.29 is 9.53 Å². The number of fused-ring (bicyclic) bond motifs is 2. The molecule has 3 aromatic rings. The van der Waals surface area contributed by atoms with E-state index in [-0.39, 0.29) is 17.9 Å². The predicted molar refractivity (Wildman–Crippen MR) is 126 cm³/mol. The molecular weight excluding hydrogens is 410 g/mol. The minimum Gasteiger partial charge on any atom is -0.487 e. The fourth-order valence-electron chi connectivity index (χ4n) is 5.83. The van der Waals surface area contributed by atoms with Gasteiger partial charge in [-0.15, -0.1) is 0 Å². The Bertz CT molecular complexity index is 1150. The summed E-state index contributed by atoms with van der Waals surface area (Å²) in [4.78, 5) is 16.6. The second-order valence-electron chi connectivity index (χ2n) is 9.10. The first-order chi connectivity index (χ1) is 16.2. The Kier molecular flexibility index (Phi) is 5.83. The van der Waals surface area contributed by atoms with E-state index in [2.05, 4.69) is 46.7 Å². The van der Waals surface area contributed by atoms with Gasteiger partial charge in [0, 0.05) is 17.2 Å². The summed E-state index contributed by atoms with van der Waals surface area (Å²) in [6.45, 7) is 0.467. The lowest BCUT2D eigenvalue weighted by Gasteiger charge is -2.39. The number of nitrogens with one attached hydrogen (secondary N) is 1. The Hall–Kier alpha value is -3.65. The molecule has 1 aromatic heterocycles. The van der Waals surface area contributed by atoms with Gasteiger partial charge in [-0.2, -0.15) is 5.26 Å². The molecule has 1 N–H and O–H groups in total. The molecular formula is C28H27N3O2. The van der Waals surface area contributed by atoms with Gasteiger partial charge in [0.15, 0.2) is 0 Å². The number of pyridine rings is 1. The van der Waals surface area contributed by atoms with Crippen molar-refractivity contribution in [3.05, 3.63) is 95.3 Å². The van der Waals surface area contributed by atoms with Crippen LogP contribution in [-0.4, -0.2) is 17.4 Å². The fraction of sp³-hybridized carbons (Fsp3) is 0.321. The SMILES string of the molecule is N#CCNC(=O)c1ccc([C@@]2(c3ccc(OCc4ccccn4)cc3)C[C@@H]3CC[C@H]2C3)cc1. The van der Waals surface area contributed by atoms with E-state index < -0.39 is 0 Å². The largest absolute Gasteiger partial charge is 0.487 e. The molecule has 2 aromatic carbocycles. The Morgan fingerprint density at radius 1 is 1.06 bits per heavy atom. The van der Waals surface area contributed by atoms with Gasteiger partial charge in [0.05, 0.1) is 11.8 Å². The second-order valence-corrected chi connectivity index (χ2v) is 9.10. The highest BCUT2D eigenvalue weighted by Crippen LogP contribution is 2.60. The molecule has 0 aliphatic heterocycles. The lowest BCUT2D eigenvalue weighted by Crippen LogP contribution is -2.34. The van der Waals surface area contributed by atoms with Gasteiger partial charge in [0.2, 0.25) is 0 Å². The molecule has 0 radical (unpaired) electrons. The summed E-state index contributed by atoms with van der Waals surface area (Å²) in [7, 11) is 0. The van der Waals surface area contributed by atoms with Gasteiger partial charge in [0.1, 0.15) is 18.9 Å². The average Bonchev–Trinajstić information content (AvgIpc) is 3.49. The lowest BCUT2D eigenvalue weighted by molar-refractivity contribution is 0.0958. The number of carbonyl (C=O) groups is 1. The van der Waals surface area contributed by atoms with Gasteiger partial charge < -0.3 is 10.1 Å². The number of ether oxygens (including phenoxy) is 1. The first-order valence-corrected chi connectivity index (χ1v) is 11.6. The Balaban J connectivity index is 1.39. The number of carbonyl (C=O) groups excluding carboxylic acids is 1. The molecule has 0 saturated heterocycles. The molecule has 2 aliphatic carbocycles. The summed E-state index contributed by atoms with van der Waals surface area (Å²) in [6.07, 6.45) is 6.74. The number of hydrogen-bond acceptors (Lipinski definition) is 4. The normalized spacial score (nSPS) is 23.1. The standard InChI is InChI=1S/C28H27N3O2/c29-14-16-31-27(32)21-5-8-22(9-6-21)28(18-20-4-7-24(28)17-20)23-10-12-26(13-11-23)33-19-25-3-1-2-15-30-25/h1-3,5-6,8-13,15,20,24H,4,7,16-19H2,(H,31,32)/t20-,24+,28-/m1/s1. The number of hydrogen-bond donors (Lipinski definition) is 1. The minimum atomic E-state index is -0.209. The van der Waals surface area contributed by atoms with E-state index in [1.54, 1.807) is 6.20 Å². The third-order valence-corrected chi connectivity index (χ3v) is 7.32. The van der Waals surface area contributed by atoms with Crippen LogP contribution in [0.1, 0.15) is 52.9 Å². The molecule has 0 spiro atoms. The highest BCUT2D eigenvalue weighted by molar-refractivity contribution is 5.94. The molecule has 5 nitrogen and oxygen atoms in total. The third-order valence-electron chi connectivity index (χ3n) is 7.32. The number of rotatable bonds is 7. The van der Waals surface area contributed by atoms with Crippen LogP contribution in [0.4, 0.5) is 0 Å². The molecule has 2 fully saturated rings. The molecule has 3 atom stereocenters. The molecule has 2 saturated carbocycles. The third kappa shape index (κ3) is 4.09. The van der Waals surface area contributed by atoms with E-state index in [1.807, 2.05) is 36.4 Å². The van der Waals surface area contributed by atoms with E-state index >= 15 is 0 Å². The Labute approximate surface area is 194 Å². The number of benzene rings is 2. The fourth-order valence-corrected chi connectivity index (χ4v) is 5.83. The van der Waals surface area contributed by atoms with Crippen molar-refractivity contribution in [3.63, 3.8) is 0 Å². The number of nitriles is 1. The quantitative estimate of drug-likeness (QED) is 0.527. The molecule has 33 heavy (non-hydrogen) atoms. The van der Waals surface area contributed by atoms with Crippen LogP contribution < -0.4 is 10.1 Å². The highest BCUT2D eigenvalue weighted by atomic mass is 16.5. The molecule has 1 amide bonds. The van der Waals surface area contributed by atoms with E-state index in [0.717, 1.165) is 23.8 Å². The average molecular weight is 438 g/mol. The molecule has 5 heteroatoms. The van der Waals surface area contributed by atoms with Gasteiger partial charge in [-0.25, -0.2) is 0 Å². The van der Waals surface area contributed by atoms with Crippen LogP contribution in [-0.2, 0) is 12.0 Å². The smallest absolute Gasteiger partial charge is 0.252 e. The van der Waals surface area contributed by atoms with Gasteiger partial charge in [-0.1, -0.05) is 36.8 Å². The van der Waals surface area contributed by atoms with Crippen molar-refractivity contribution in [2.75, 3.05) is 6.54 Å². The van der Waals surface area contributed by atoms with Crippen molar-refractivity contribution in [2.45, 2.75) is 37.7 Å². The van der Waals surface area contributed by atoms with E-state index in [0.29, 0.717) is 18.1 Å². The first kappa shape index (κ1) is 21.2. The van der Waals surface area contributed by atoms with Crippen LogP contribution in [0.25, 0.3) is 0 Å². The van der Waals surface area contributed by atoms with Crippen LogP contribution >= 0.6 is 0 Å². The van der Waals surface area contributed by atoms with E-state index in [9.17, 15) is 4.79 Å². The summed E-state index contributed by atoms with van der Waals surface area (Å²) < 4.78 is 5.95. The van der Waals surface area contributed by atoms with Crippen molar-refractivity contribution in [3.8, 4) is 11.8 Å². The van der Waals surface area contributed by atoms with Crippen LogP contribution in [0.15, 0.2) is 72.9 Å². The number of amides is 1. The molecule has 0 unspecified atom stereocenters. The zero-order chi connectivity index (χ0) is 22.7. The highest BCUT2D eigenvalue weighted by Gasteiger charge is 2.52. The topological polar surface area (TPSA) is 75.0 Å². The number of nitrogens with zero attached hydrogens (tertiary/aromatic N) is 2. The summed E-state index contributed by atoms with van der Waals surface area (Å²) in [5.41, 5.74) is 4.07. The van der Waals surface area contributed by atoms with Crippen LogP contribution in [0.5, 0.6) is 5.75 Å². The summed E-state index contributed by atoms with van der Waals surface area (Å²) in [5.74, 6) is 2.00. The number of aromatic nitrogens is 1. The first-order valence-electron chi connectivity index (χ1n) is 11.6. The maximum Gasteiger partial charge on any atom is 0.252 e. The summed E-state index contributed by atoms with van der Waals surface area (Å²) in [5, 5.41) is 11.3. The predicted octanol–water partition coefficient (Wildman–Crippen LogP) is 5.02. The van der Waals surface area contributed by atoms with Gasteiger partial charge in [-0.3, -0.25) is 9.78 Å². The summed E-state index contributed by atoms with van der Waals surface area (Å²) in [6, 6.07) is 24.3. The minimum absolute atomic E-state index is 0.0169. The maximum absolute atomic E-state index is 12.2. The Morgan fingerprint density at radius 3 is 2.42 bits per heavy atom. The zero-order valence-corrected chi connectivity index (χ0v) is 18.5. The van der Waals surface area contributed by atoms with Gasteiger partial charge in [0.25, 0.3) is 5.91 Å².